The third-order valence-corrected chi connectivity index (χ3v) is 5.88. The van der Waals surface area contributed by atoms with E-state index in [0.29, 0.717) is 24.5 Å². The van der Waals surface area contributed by atoms with E-state index in [2.05, 4.69) is 26.6 Å². The number of imide groups is 1. The first-order chi connectivity index (χ1) is 19.2. The molecule has 0 radical (unpaired) electrons. The number of allylic oxidation sites excluding steroid dienone is 1. The number of nitrogens with zero attached hydrogens (tertiary/aromatic N) is 1. The Balaban J connectivity index is 5.18. The summed E-state index contributed by atoms with van der Waals surface area (Å²) in [6, 6.07) is -1.14. The van der Waals surface area contributed by atoms with Gasteiger partial charge in [0.05, 0.1) is 12.1 Å². The van der Waals surface area contributed by atoms with Crippen molar-refractivity contribution in [2.75, 3.05) is 46.4 Å². The summed E-state index contributed by atoms with van der Waals surface area (Å²) in [6.45, 7) is 11.8. The number of ether oxygens (including phenoxy) is 1. The predicted octanol–water partition coefficient (Wildman–Crippen LogP) is 0.00200. The minimum Gasteiger partial charge on any atom is -0.376 e. The van der Waals surface area contributed by atoms with Crippen molar-refractivity contribution in [2.24, 2.45) is 5.41 Å². The van der Waals surface area contributed by atoms with Crippen molar-refractivity contribution in [1.29, 1.82) is 0 Å². The molecule has 0 heterocycles. The van der Waals surface area contributed by atoms with Gasteiger partial charge in [-0.25, -0.2) is 0 Å². The zero-order valence-electron chi connectivity index (χ0n) is 25.7. The lowest BCUT2D eigenvalue weighted by Crippen LogP contribution is -2.52. The molecule has 0 rings (SSSR count). The highest BCUT2D eigenvalue weighted by Gasteiger charge is 2.29. The van der Waals surface area contributed by atoms with Gasteiger partial charge in [-0.1, -0.05) is 19.9 Å². The topological polar surface area (TPSA) is 175 Å². The van der Waals surface area contributed by atoms with Crippen LogP contribution in [0.4, 0.5) is 0 Å². The van der Waals surface area contributed by atoms with Crippen molar-refractivity contribution in [3.63, 3.8) is 0 Å². The Bertz CT molecular complexity index is 899. The molecule has 13 heteroatoms. The van der Waals surface area contributed by atoms with Gasteiger partial charge in [-0.15, -0.1) is 0 Å². The first-order valence-corrected chi connectivity index (χ1v) is 14.0. The van der Waals surface area contributed by atoms with E-state index in [1.807, 2.05) is 27.8 Å². The van der Waals surface area contributed by atoms with Gasteiger partial charge in [-0.05, 0) is 73.0 Å². The summed E-state index contributed by atoms with van der Waals surface area (Å²) in [4.78, 5) is 74.3. The number of nitrogens with one attached hydrogen (secondary N) is 5. The molecule has 234 valence electrons. The highest BCUT2D eigenvalue weighted by Crippen LogP contribution is 2.22. The van der Waals surface area contributed by atoms with Gasteiger partial charge in [-0.3, -0.25) is 33.7 Å². The molecular formula is C28H50N6O7. The lowest BCUT2D eigenvalue weighted by Gasteiger charge is -2.27. The summed E-state index contributed by atoms with van der Waals surface area (Å²) in [5.74, 6) is -2.72. The van der Waals surface area contributed by atoms with Gasteiger partial charge in [0.2, 0.25) is 30.0 Å². The van der Waals surface area contributed by atoms with Gasteiger partial charge in [0.1, 0.15) is 12.6 Å². The lowest BCUT2D eigenvalue weighted by atomic mass is 9.88. The van der Waals surface area contributed by atoms with E-state index in [0.717, 1.165) is 25.5 Å². The van der Waals surface area contributed by atoms with Crippen molar-refractivity contribution >= 4 is 35.9 Å². The van der Waals surface area contributed by atoms with E-state index in [-0.39, 0.29) is 43.3 Å². The Morgan fingerprint density at radius 2 is 1.56 bits per heavy atom. The average molecular weight is 583 g/mol. The number of hydrogen-bond acceptors (Lipinski definition) is 8. The Morgan fingerprint density at radius 3 is 2.15 bits per heavy atom. The molecule has 0 saturated heterocycles. The van der Waals surface area contributed by atoms with Crippen LogP contribution in [0, 0.1) is 5.41 Å². The molecule has 0 spiro atoms. The summed E-state index contributed by atoms with van der Waals surface area (Å²) in [5.41, 5.74) is -1.07. The lowest BCUT2D eigenvalue weighted by molar-refractivity contribution is -0.139. The van der Waals surface area contributed by atoms with E-state index in [1.165, 1.54) is 6.08 Å². The van der Waals surface area contributed by atoms with Gasteiger partial charge in [0.25, 0.3) is 5.91 Å². The number of carbonyl (C=O) groups is 6. The fourth-order valence-corrected chi connectivity index (χ4v) is 3.37. The second kappa shape index (κ2) is 19.7. The first kappa shape index (κ1) is 37.7. The standard InChI is InChI=1S/C28H50N6O7/c1-8-11-24(38)34(20-35)19-23(37)33-21(25(39)32-18-22(36)30-15-10-9-14-29-7)12-16-31-26(40)28(5,6)13-17-41-27(2,3)4/h8,11,20-21,29H,9-10,12-19H2,1-7H3,(H,30,36)(H,31,40)(H,32,39)(H,33,37)/b11-8-. The van der Waals surface area contributed by atoms with Crippen LogP contribution in [0.3, 0.4) is 0 Å². The zero-order chi connectivity index (χ0) is 31.5. The van der Waals surface area contributed by atoms with Gasteiger partial charge in [0, 0.05) is 25.1 Å². The summed E-state index contributed by atoms with van der Waals surface area (Å²) in [5, 5.41) is 13.5. The molecule has 13 nitrogen and oxygen atoms in total. The van der Waals surface area contributed by atoms with Crippen LogP contribution >= 0.6 is 0 Å². The van der Waals surface area contributed by atoms with Crippen molar-refractivity contribution in [3.05, 3.63) is 12.2 Å². The van der Waals surface area contributed by atoms with Crippen LogP contribution in [0.25, 0.3) is 0 Å². The largest absolute Gasteiger partial charge is 0.376 e. The van der Waals surface area contributed by atoms with Gasteiger partial charge in [-0.2, -0.15) is 0 Å². The maximum absolute atomic E-state index is 12.9. The summed E-state index contributed by atoms with van der Waals surface area (Å²) in [6.07, 6.45) is 4.93. The Hall–Kier alpha value is -3.32. The van der Waals surface area contributed by atoms with Crippen LogP contribution in [-0.2, 0) is 33.5 Å². The molecule has 6 amide bonds. The molecule has 0 aromatic heterocycles. The zero-order valence-corrected chi connectivity index (χ0v) is 25.7. The quantitative estimate of drug-likeness (QED) is 0.0757. The molecule has 5 N–H and O–H groups in total. The maximum Gasteiger partial charge on any atom is 0.253 e. The summed E-state index contributed by atoms with van der Waals surface area (Å²) in [7, 11) is 1.84. The SMILES string of the molecule is C/C=C\C(=O)N(C=O)CC(=O)NC(CCNC(=O)C(C)(C)CCOC(C)(C)C)C(=O)NCC(=O)NCCCCNC. The van der Waals surface area contributed by atoms with E-state index in [9.17, 15) is 28.8 Å². The monoisotopic (exact) mass is 582 g/mol. The molecule has 0 fully saturated rings. The highest BCUT2D eigenvalue weighted by atomic mass is 16.5. The molecule has 0 bridgehead atoms. The molecular weight excluding hydrogens is 532 g/mol. The van der Waals surface area contributed by atoms with Crippen LogP contribution in [-0.4, -0.2) is 98.9 Å². The average Bonchev–Trinajstić information content (AvgIpc) is 2.88. The minimum atomic E-state index is -1.14. The number of hydrogen-bond donors (Lipinski definition) is 5. The molecule has 0 aliphatic rings. The Morgan fingerprint density at radius 1 is 0.902 bits per heavy atom. The number of amides is 6. The molecule has 0 aromatic carbocycles. The second-order valence-electron chi connectivity index (χ2n) is 11.2. The Kier molecular flexibility index (Phi) is 18.1. The fourth-order valence-electron chi connectivity index (χ4n) is 3.37. The number of unbranched alkanes of at least 4 members (excludes halogenated alkanes) is 1. The molecule has 0 aliphatic heterocycles. The van der Waals surface area contributed by atoms with Crippen LogP contribution in [0.5, 0.6) is 0 Å². The fraction of sp³-hybridized carbons (Fsp3) is 0.714. The second-order valence-corrected chi connectivity index (χ2v) is 11.2. The maximum atomic E-state index is 12.9. The molecule has 1 atom stereocenters. The van der Waals surface area contributed by atoms with Crippen LogP contribution < -0.4 is 26.6 Å². The van der Waals surface area contributed by atoms with E-state index in [4.69, 9.17) is 4.74 Å². The first-order valence-electron chi connectivity index (χ1n) is 14.0. The molecule has 0 saturated carbocycles. The van der Waals surface area contributed by atoms with Crippen LogP contribution in [0.1, 0.15) is 67.2 Å². The van der Waals surface area contributed by atoms with Crippen LogP contribution in [0.2, 0.25) is 0 Å². The van der Waals surface area contributed by atoms with Crippen molar-refractivity contribution in [3.8, 4) is 0 Å². The smallest absolute Gasteiger partial charge is 0.253 e. The van der Waals surface area contributed by atoms with Crippen molar-refractivity contribution < 1.29 is 33.5 Å². The highest BCUT2D eigenvalue weighted by molar-refractivity contribution is 5.98. The van der Waals surface area contributed by atoms with E-state index < -0.39 is 35.7 Å². The summed E-state index contributed by atoms with van der Waals surface area (Å²) < 4.78 is 5.72. The Labute approximate surface area is 243 Å². The minimum absolute atomic E-state index is 0.00736. The van der Waals surface area contributed by atoms with Gasteiger partial charge in [0.15, 0.2) is 0 Å². The molecule has 0 aromatic rings. The molecule has 1 unspecified atom stereocenters. The van der Waals surface area contributed by atoms with Gasteiger partial charge < -0.3 is 31.3 Å². The number of carbonyl (C=O) groups excluding carboxylic acids is 6. The number of rotatable bonds is 20. The predicted molar refractivity (Wildman–Crippen MR) is 155 cm³/mol. The molecule has 41 heavy (non-hydrogen) atoms. The molecule has 0 aliphatic carbocycles. The third-order valence-electron chi connectivity index (χ3n) is 5.88. The summed E-state index contributed by atoms with van der Waals surface area (Å²) >= 11 is 0. The normalized spacial score (nSPS) is 12.4. The van der Waals surface area contributed by atoms with Gasteiger partial charge >= 0.3 is 0 Å². The van der Waals surface area contributed by atoms with Crippen molar-refractivity contribution in [2.45, 2.75) is 78.9 Å². The van der Waals surface area contributed by atoms with E-state index >= 15 is 0 Å². The third kappa shape index (κ3) is 17.9. The van der Waals surface area contributed by atoms with Crippen LogP contribution in [0.15, 0.2) is 12.2 Å². The van der Waals surface area contributed by atoms with E-state index in [1.54, 1.807) is 20.8 Å². The van der Waals surface area contributed by atoms with Crippen molar-refractivity contribution in [1.82, 2.24) is 31.5 Å².